The molecule has 176 valence electrons. The molecule has 4 rings (SSSR count). The SMILES string of the molecule is COc1cc(C(F)(F)F)ccc1S(=O)(=O)c1ccc(CNC(=O)c2cnc3nccn3c2)cc1. The number of benzene rings is 2. The van der Waals surface area contributed by atoms with Gasteiger partial charge in [-0.2, -0.15) is 13.2 Å². The number of fused-ring (bicyclic) bond motifs is 1. The molecule has 0 aliphatic carbocycles. The molecule has 0 unspecified atom stereocenters. The fourth-order valence-electron chi connectivity index (χ4n) is 3.20. The lowest BCUT2D eigenvalue weighted by Crippen LogP contribution is -2.23. The Kier molecular flexibility index (Phi) is 6.00. The summed E-state index contributed by atoms with van der Waals surface area (Å²) >= 11 is 0. The van der Waals surface area contributed by atoms with E-state index in [0.29, 0.717) is 29.0 Å². The normalized spacial score (nSPS) is 12.0. The first-order chi connectivity index (χ1) is 16.1. The minimum atomic E-state index is -4.64. The summed E-state index contributed by atoms with van der Waals surface area (Å²) in [6, 6.07) is 7.83. The van der Waals surface area contributed by atoms with E-state index in [1.54, 1.807) is 23.0 Å². The number of nitrogens with zero attached hydrogens (tertiary/aromatic N) is 3. The zero-order valence-electron chi connectivity index (χ0n) is 17.6. The Morgan fingerprint density at radius 2 is 1.85 bits per heavy atom. The van der Waals surface area contributed by atoms with Gasteiger partial charge in [-0.1, -0.05) is 12.1 Å². The first kappa shape index (κ1) is 23.2. The minimum absolute atomic E-state index is 0.116. The molecular formula is C22H17F3N4O4S. The van der Waals surface area contributed by atoms with Crippen LogP contribution in [0.15, 0.2) is 77.0 Å². The van der Waals surface area contributed by atoms with E-state index in [1.807, 2.05) is 0 Å². The van der Waals surface area contributed by atoms with Crippen molar-refractivity contribution in [3.05, 3.63) is 83.9 Å². The van der Waals surface area contributed by atoms with Crippen LogP contribution in [0.25, 0.3) is 5.78 Å². The number of aromatic nitrogens is 3. The average molecular weight is 490 g/mol. The smallest absolute Gasteiger partial charge is 0.416 e. The van der Waals surface area contributed by atoms with Crippen molar-refractivity contribution in [1.29, 1.82) is 0 Å². The Morgan fingerprint density at radius 3 is 2.53 bits per heavy atom. The molecule has 0 bridgehead atoms. The predicted molar refractivity (Wildman–Crippen MR) is 114 cm³/mol. The van der Waals surface area contributed by atoms with Gasteiger partial charge in [-0.05, 0) is 35.9 Å². The topological polar surface area (TPSA) is 103 Å². The fraction of sp³-hybridized carbons (Fsp3) is 0.136. The van der Waals surface area contributed by atoms with E-state index in [9.17, 15) is 26.4 Å². The number of carbonyl (C=O) groups is 1. The second-order valence-electron chi connectivity index (χ2n) is 7.17. The second-order valence-corrected chi connectivity index (χ2v) is 9.09. The molecular weight excluding hydrogens is 473 g/mol. The number of nitrogens with one attached hydrogen (secondary N) is 1. The number of amides is 1. The Labute approximate surface area is 192 Å². The highest BCUT2D eigenvalue weighted by Crippen LogP contribution is 2.36. The molecule has 1 N–H and O–H groups in total. The second kappa shape index (κ2) is 8.78. The maximum Gasteiger partial charge on any atom is 0.416 e. The summed E-state index contributed by atoms with van der Waals surface area (Å²) in [5, 5.41) is 2.71. The molecule has 0 aliphatic heterocycles. The van der Waals surface area contributed by atoms with Crippen LogP contribution >= 0.6 is 0 Å². The zero-order valence-corrected chi connectivity index (χ0v) is 18.4. The largest absolute Gasteiger partial charge is 0.495 e. The number of sulfone groups is 1. The van der Waals surface area contributed by atoms with Crippen LogP contribution in [0.3, 0.4) is 0 Å². The lowest BCUT2D eigenvalue weighted by molar-refractivity contribution is -0.137. The molecule has 2 aromatic carbocycles. The van der Waals surface area contributed by atoms with Crippen LogP contribution in [0.5, 0.6) is 5.75 Å². The van der Waals surface area contributed by atoms with Crippen molar-refractivity contribution >= 4 is 21.5 Å². The molecule has 8 nitrogen and oxygen atoms in total. The van der Waals surface area contributed by atoms with Gasteiger partial charge >= 0.3 is 6.18 Å². The molecule has 1 amide bonds. The molecule has 0 atom stereocenters. The molecule has 0 saturated heterocycles. The highest BCUT2D eigenvalue weighted by molar-refractivity contribution is 7.91. The summed E-state index contributed by atoms with van der Waals surface area (Å²) in [6.45, 7) is 0.116. The third-order valence-electron chi connectivity index (χ3n) is 4.97. The number of alkyl halides is 3. The van der Waals surface area contributed by atoms with Gasteiger partial charge < -0.3 is 10.1 Å². The van der Waals surface area contributed by atoms with Gasteiger partial charge in [-0.25, -0.2) is 18.4 Å². The van der Waals surface area contributed by atoms with E-state index in [-0.39, 0.29) is 22.2 Å². The van der Waals surface area contributed by atoms with E-state index < -0.39 is 27.3 Å². The highest BCUT2D eigenvalue weighted by atomic mass is 32.2. The van der Waals surface area contributed by atoms with Crippen molar-refractivity contribution < 1.29 is 31.1 Å². The summed E-state index contributed by atoms with van der Waals surface area (Å²) in [5.74, 6) is -0.332. The summed E-state index contributed by atoms with van der Waals surface area (Å²) < 4.78 is 71.3. The maximum atomic E-state index is 13.0. The van der Waals surface area contributed by atoms with Gasteiger partial charge in [0.15, 0.2) is 0 Å². The Hall–Kier alpha value is -3.93. The van der Waals surface area contributed by atoms with Gasteiger partial charge in [0.1, 0.15) is 10.6 Å². The van der Waals surface area contributed by atoms with Crippen molar-refractivity contribution in [2.24, 2.45) is 0 Å². The monoisotopic (exact) mass is 490 g/mol. The molecule has 2 heterocycles. The van der Waals surface area contributed by atoms with Crippen LogP contribution in [0.2, 0.25) is 0 Å². The van der Waals surface area contributed by atoms with Crippen molar-refractivity contribution in [2.75, 3.05) is 7.11 Å². The van der Waals surface area contributed by atoms with E-state index in [4.69, 9.17) is 4.74 Å². The van der Waals surface area contributed by atoms with E-state index in [1.165, 1.54) is 30.5 Å². The quantitative estimate of drug-likeness (QED) is 0.444. The summed E-state index contributed by atoms with van der Waals surface area (Å²) in [5.41, 5.74) is -0.0840. The number of imidazole rings is 1. The Balaban J connectivity index is 1.50. The Morgan fingerprint density at radius 1 is 1.12 bits per heavy atom. The standard InChI is InChI=1S/C22H17F3N4O4S/c1-33-18-10-16(22(23,24)25)4-7-19(18)34(31,32)17-5-2-14(3-6-17)11-27-20(30)15-12-28-21-26-8-9-29(21)13-15/h2-10,12-13H,11H2,1H3,(H,27,30). The van der Waals surface area contributed by atoms with Crippen molar-refractivity contribution in [3.8, 4) is 5.75 Å². The summed E-state index contributed by atoms with van der Waals surface area (Å²) in [7, 11) is -3.05. The predicted octanol–water partition coefficient (Wildman–Crippen LogP) is 3.52. The average Bonchev–Trinajstić information content (AvgIpc) is 3.29. The van der Waals surface area contributed by atoms with Gasteiger partial charge in [-0.15, -0.1) is 0 Å². The number of hydrogen-bond donors (Lipinski definition) is 1. The Bertz CT molecular complexity index is 1470. The van der Waals surface area contributed by atoms with Crippen LogP contribution in [0.1, 0.15) is 21.5 Å². The van der Waals surface area contributed by atoms with E-state index >= 15 is 0 Å². The van der Waals surface area contributed by atoms with Gasteiger partial charge in [0, 0.05) is 31.3 Å². The lowest BCUT2D eigenvalue weighted by atomic mass is 10.2. The van der Waals surface area contributed by atoms with E-state index in [2.05, 4.69) is 15.3 Å². The molecule has 0 radical (unpaired) electrons. The van der Waals surface area contributed by atoms with Crippen LogP contribution < -0.4 is 10.1 Å². The number of methoxy groups -OCH3 is 1. The van der Waals surface area contributed by atoms with Crippen molar-refractivity contribution in [2.45, 2.75) is 22.5 Å². The molecule has 34 heavy (non-hydrogen) atoms. The van der Waals surface area contributed by atoms with Crippen LogP contribution in [0, 0.1) is 0 Å². The fourth-order valence-corrected chi connectivity index (χ4v) is 4.60. The molecule has 0 saturated carbocycles. The summed E-state index contributed by atoms with van der Waals surface area (Å²) in [4.78, 5) is 19.9. The first-order valence-electron chi connectivity index (χ1n) is 9.76. The van der Waals surface area contributed by atoms with Gasteiger partial charge in [0.05, 0.1) is 23.1 Å². The first-order valence-corrected chi connectivity index (χ1v) is 11.2. The molecule has 2 aromatic heterocycles. The van der Waals surface area contributed by atoms with Crippen LogP contribution in [-0.4, -0.2) is 35.8 Å². The number of rotatable bonds is 6. The lowest BCUT2D eigenvalue weighted by Gasteiger charge is -2.13. The van der Waals surface area contributed by atoms with Crippen molar-refractivity contribution in [1.82, 2.24) is 19.7 Å². The third kappa shape index (κ3) is 4.57. The molecule has 0 spiro atoms. The zero-order chi connectivity index (χ0) is 24.5. The highest BCUT2D eigenvalue weighted by Gasteiger charge is 2.33. The third-order valence-corrected chi connectivity index (χ3v) is 6.78. The van der Waals surface area contributed by atoms with Gasteiger partial charge in [-0.3, -0.25) is 9.20 Å². The molecule has 4 aromatic rings. The van der Waals surface area contributed by atoms with Crippen LogP contribution in [0.4, 0.5) is 13.2 Å². The van der Waals surface area contributed by atoms with Gasteiger partial charge in [0.25, 0.3) is 5.91 Å². The number of carbonyl (C=O) groups excluding carboxylic acids is 1. The number of hydrogen-bond acceptors (Lipinski definition) is 6. The van der Waals surface area contributed by atoms with E-state index in [0.717, 1.165) is 13.2 Å². The molecule has 0 aliphatic rings. The molecule has 0 fully saturated rings. The van der Waals surface area contributed by atoms with Crippen LogP contribution in [-0.2, 0) is 22.6 Å². The minimum Gasteiger partial charge on any atom is -0.495 e. The molecule has 12 heteroatoms. The van der Waals surface area contributed by atoms with Crippen molar-refractivity contribution in [3.63, 3.8) is 0 Å². The number of ether oxygens (including phenoxy) is 1. The maximum absolute atomic E-state index is 13.0. The summed E-state index contributed by atoms with van der Waals surface area (Å²) in [6.07, 6.45) is 1.55. The van der Waals surface area contributed by atoms with Gasteiger partial charge in [0.2, 0.25) is 15.6 Å². The number of halogens is 3.